The lowest BCUT2D eigenvalue weighted by Gasteiger charge is -2.22. The van der Waals surface area contributed by atoms with Gasteiger partial charge in [0.15, 0.2) is 5.82 Å². The van der Waals surface area contributed by atoms with E-state index in [1.165, 1.54) is 37.7 Å². The Balaban J connectivity index is 1.81. The fraction of sp³-hybridized carbons (Fsp3) is 0.438. The third kappa shape index (κ3) is 2.79. The molecule has 1 aromatic heterocycles. The molecule has 2 aromatic rings. The van der Waals surface area contributed by atoms with Gasteiger partial charge in [-0.3, -0.25) is 0 Å². The molecule has 0 atom stereocenters. The van der Waals surface area contributed by atoms with E-state index in [4.69, 9.17) is 0 Å². The van der Waals surface area contributed by atoms with Gasteiger partial charge in [-0.2, -0.15) is 5.10 Å². The summed E-state index contributed by atoms with van der Waals surface area (Å²) in [5, 5.41) is 11.1. The van der Waals surface area contributed by atoms with Gasteiger partial charge in [0.2, 0.25) is 0 Å². The first-order valence-corrected chi connectivity index (χ1v) is 7.34. The van der Waals surface area contributed by atoms with Gasteiger partial charge in [0.1, 0.15) is 5.82 Å². The van der Waals surface area contributed by atoms with Crippen molar-refractivity contribution in [2.75, 3.05) is 12.4 Å². The molecule has 4 nitrogen and oxygen atoms in total. The van der Waals surface area contributed by atoms with E-state index in [2.05, 4.69) is 44.8 Å². The van der Waals surface area contributed by atoms with E-state index in [1.807, 2.05) is 7.05 Å². The molecule has 20 heavy (non-hydrogen) atoms. The molecule has 3 rings (SSSR count). The summed E-state index contributed by atoms with van der Waals surface area (Å²) in [7, 11) is 1.83. The lowest BCUT2D eigenvalue weighted by Crippen LogP contribution is -2.04. The maximum atomic E-state index is 4.42. The molecule has 0 aliphatic heterocycles. The van der Waals surface area contributed by atoms with Crippen molar-refractivity contribution < 1.29 is 0 Å². The molecule has 4 heteroatoms. The number of nitrogens with zero attached hydrogens (tertiary/aromatic N) is 3. The van der Waals surface area contributed by atoms with Crippen molar-refractivity contribution >= 4 is 5.82 Å². The van der Waals surface area contributed by atoms with Crippen LogP contribution in [0.15, 0.2) is 30.5 Å². The summed E-state index contributed by atoms with van der Waals surface area (Å²) in [5.74, 6) is 2.15. The fourth-order valence-electron chi connectivity index (χ4n) is 2.89. The third-order valence-corrected chi connectivity index (χ3v) is 4.06. The van der Waals surface area contributed by atoms with Crippen molar-refractivity contribution in [1.82, 2.24) is 15.2 Å². The van der Waals surface area contributed by atoms with Gasteiger partial charge in [0.25, 0.3) is 0 Å². The highest BCUT2D eigenvalue weighted by Crippen LogP contribution is 2.33. The monoisotopic (exact) mass is 268 g/mol. The predicted octanol–water partition coefficient (Wildman–Crippen LogP) is 3.63. The second-order valence-electron chi connectivity index (χ2n) is 5.37. The second-order valence-corrected chi connectivity index (χ2v) is 5.37. The van der Waals surface area contributed by atoms with Crippen LogP contribution in [-0.2, 0) is 0 Å². The van der Waals surface area contributed by atoms with Crippen LogP contribution in [0.3, 0.4) is 0 Å². The number of rotatable bonds is 3. The van der Waals surface area contributed by atoms with Gasteiger partial charge in [0, 0.05) is 12.6 Å². The van der Waals surface area contributed by atoms with E-state index < -0.39 is 0 Å². The lowest BCUT2D eigenvalue weighted by molar-refractivity contribution is 0.443. The smallest absolute Gasteiger partial charge is 0.183 e. The van der Waals surface area contributed by atoms with Gasteiger partial charge in [-0.15, -0.1) is 5.10 Å². The van der Waals surface area contributed by atoms with E-state index in [1.54, 1.807) is 6.20 Å². The van der Waals surface area contributed by atoms with Crippen molar-refractivity contribution in [3.63, 3.8) is 0 Å². The molecule has 0 saturated heterocycles. The van der Waals surface area contributed by atoms with Crippen LogP contribution in [0.5, 0.6) is 0 Å². The highest BCUT2D eigenvalue weighted by molar-refractivity contribution is 5.56. The third-order valence-electron chi connectivity index (χ3n) is 4.06. The van der Waals surface area contributed by atoms with E-state index in [-0.39, 0.29) is 0 Å². The highest BCUT2D eigenvalue weighted by Gasteiger charge is 2.15. The summed E-state index contributed by atoms with van der Waals surface area (Å²) in [4.78, 5) is 4.42. The minimum Gasteiger partial charge on any atom is -0.372 e. The molecule has 1 heterocycles. The molecule has 1 N–H and O–H groups in total. The van der Waals surface area contributed by atoms with Crippen LogP contribution in [0.25, 0.3) is 11.4 Å². The van der Waals surface area contributed by atoms with Gasteiger partial charge in [-0.25, -0.2) is 4.98 Å². The van der Waals surface area contributed by atoms with Crippen LogP contribution in [0.2, 0.25) is 0 Å². The molecule has 1 aliphatic carbocycles. The summed E-state index contributed by atoms with van der Waals surface area (Å²) in [5.41, 5.74) is 2.47. The largest absolute Gasteiger partial charge is 0.372 e. The zero-order chi connectivity index (χ0) is 13.8. The van der Waals surface area contributed by atoms with E-state index >= 15 is 0 Å². The summed E-state index contributed by atoms with van der Waals surface area (Å²) < 4.78 is 0. The molecule has 1 aromatic carbocycles. The Labute approximate surface area is 119 Å². The molecule has 0 radical (unpaired) electrons. The first-order valence-electron chi connectivity index (χ1n) is 7.34. The van der Waals surface area contributed by atoms with E-state index in [0.29, 0.717) is 5.82 Å². The van der Waals surface area contributed by atoms with Crippen LogP contribution < -0.4 is 5.32 Å². The molecular weight excluding hydrogens is 248 g/mol. The average molecular weight is 268 g/mol. The van der Waals surface area contributed by atoms with Gasteiger partial charge >= 0.3 is 0 Å². The van der Waals surface area contributed by atoms with Crippen LogP contribution >= 0.6 is 0 Å². The second kappa shape index (κ2) is 5.99. The first kappa shape index (κ1) is 13.0. The van der Waals surface area contributed by atoms with Crippen molar-refractivity contribution in [2.45, 2.75) is 38.0 Å². The fourth-order valence-corrected chi connectivity index (χ4v) is 2.89. The summed E-state index contributed by atoms with van der Waals surface area (Å²) in [6, 6.07) is 8.67. The number of hydrogen-bond acceptors (Lipinski definition) is 4. The van der Waals surface area contributed by atoms with Crippen LogP contribution in [0.1, 0.15) is 43.6 Å². The lowest BCUT2D eigenvalue weighted by atomic mass is 9.84. The average Bonchev–Trinajstić information content (AvgIpc) is 2.56. The SMILES string of the molecule is CNc1cnnc(-c2ccc(C3CCCCC3)cc2)n1. The Morgan fingerprint density at radius 2 is 1.80 bits per heavy atom. The van der Waals surface area contributed by atoms with Crippen molar-refractivity contribution in [1.29, 1.82) is 0 Å². The number of anilines is 1. The van der Waals surface area contributed by atoms with Crippen molar-refractivity contribution in [2.24, 2.45) is 0 Å². The molecule has 0 spiro atoms. The van der Waals surface area contributed by atoms with E-state index in [0.717, 1.165) is 17.3 Å². The minimum atomic E-state index is 0.673. The summed E-state index contributed by atoms with van der Waals surface area (Å²) >= 11 is 0. The normalized spacial score (nSPS) is 16.1. The Morgan fingerprint density at radius 1 is 1.05 bits per heavy atom. The van der Waals surface area contributed by atoms with Crippen molar-refractivity contribution in [3.05, 3.63) is 36.0 Å². The zero-order valence-electron chi connectivity index (χ0n) is 11.8. The Morgan fingerprint density at radius 3 is 2.50 bits per heavy atom. The zero-order valence-corrected chi connectivity index (χ0v) is 11.8. The van der Waals surface area contributed by atoms with Gasteiger partial charge in [0.05, 0.1) is 6.20 Å². The molecule has 1 saturated carbocycles. The standard InChI is InChI=1S/C16H20N4/c1-17-15-11-18-20-16(19-15)14-9-7-13(8-10-14)12-5-3-2-4-6-12/h7-12H,2-6H2,1H3,(H,17,19,20). The molecule has 0 unspecified atom stereocenters. The predicted molar refractivity (Wildman–Crippen MR) is 80.6 cm³/mol. The minimum absolute atomic E-state index is 0.673. The summed E-state index contributed by atoms with van der Waals surface area (Å²) in [6.45, 7) is 0. The molecule has 1 fully saturated rings. The number of benzene rings is 1. The molecule has 0 bridgehead atoms. The molecular formula is C16H20N4. The first-order chi connectivity index (χ1) is 9.86. The maximum absolute atomic E-state index is 4.42. The quantitative estimate of drug-likeness (QED) is 0.923. The summed E-state index contributed by atoms with van der Waals surface area (Å²) in [6.07, 6.45) is 8.40. The molecule has 1 aliphatic rings. The maximum Gasteiger partial charge on any atom is 0.183 e. The molecule has 104 valence electrons. The number of aromatic nitrogens is 3. The van der Waals surface area contributed by atoms with Gasteiger partial charge in [-0.1, -0.05) is 43.5 Å². The van der Waals surface area contributed by atoms with Gasteiger partial charge < -0.3 is 5.32 Å². The van der Waals surface area contributed by atoms with Crippen LogP contribution in [-0.4, -0.2) is 22.2 Å². The Bertz CT molecular complexity index is 559. The number of hydrogen-bond donors (Lipinski definition) is 1. The topological polar surface area (TPSA) is 50.7 Å². The molecule has 0 amide bonds. The number of nitrogens with one attached hydrogen (secondary N) is 1. The Kier molecular flexibility index (Phi) is 3.90. The van der Waals surface area contributed by atoms with E-state index in [9.17, 15) is 0 Å². The van der Waals surface area contributed by atoms with Crippen LogP contribution in [0, 0.1) is 0 Å². The Hall–Kier alpha value is -1.97. The highest BCUT2D eigenvalue weighted by atomic mass is 15.2. The van der Waals surface area contributed by atoms with Crippen molar-refractivity contribution in [3.8, 4) is 11.4 Å². The van der Waals surface area contributed by atoms with Gasteiger partial charge in [-0.05, 0) is 24.3 Å². The van der Waals surface area contributed by atoms with Crippen LogP contribution in [0.4, 0.5) is 5.82 Å².